The Morgan fingerprint density at radius 1 is 1.27 bits per heavy atom. The summed E-state index contributed by atoms with van der Waals surface area (Å²) in [4.78, 5) is 12.6. The summed E-state index contributed by atoms with van der Waals surface area (Å²) in [7, 11) is -2.18. The third-order valence-electron chi connectivity index (χ3n) is 4.35. The van der Waals surface area contributed by atoms with Crippen LogP contribution in [0.4, 0.5) is 0 Å². The normalized spacial score (nSPS) is 16.9. The average molecular weight is 406 g/mol. The minimum Gasteiger partial charge on any atom is -0.496 e. The fourth-order valence-electron chi connectivity index (χ4n) is 2.82. The molecule has 0 bridgehead atoms. The van der Waals surface area contributed by atoms with Gasteiger partial charge in [-0.05, 0) is 38.0 Å². The van der Waals surface area contributed by atoms with Crippen molar-refractivity contribution in [2.45, 2.75) is 43.5 Å². The fourth-order valence-corrected chi connectivity index (χ4v) is 4.36. The third-order valence-corrected chi connectivity index (χ3v) is 6.24. The van der Waals surface area contributed by atoms with Crippen LogP contribution in [0.2, 0.25) is 0 Å². The van der Waals surface area contributed by atoms with Crippen molar-refractivity contribution >= 4 is 28.3 Å². The van der Waals surface area contributed by atoms with Crippen molar-refractivity contribution in [1.29, 1.82) is 0 Å². The van der Waals surface area contributed by atoms with E-state index in [1.54, 1.807) is 6.92 Å². The summed E-state index contributed by atoms with van der Waals surface area (Å²) in [6.45, 7) is 3.10. The molecule has 9 heteroatoms. The number of amides is 1. The maximum absolute atomic E-state index is 12.9. The Kier molecular flexibility index (Phi) is 8.82. The first-order valence-electron chi connectivity index (χ1n) is 8.59. The van der Waals surface area contributed by atoms with E-state index in [1.165, 1.54) is 29.6 Å². The van der Waals surface area contributed by atoms with Crippen molar-refractivity contribution in [3.63, 3.8) is 0 Å². The lowest BCUT2D eigenvalue weighted by Gasteiger charge is -2.21. The smallest absolute Gasteiger partial charge is 0.255 e. The first-order valence-corrected chi connectivity index (χ1v) is 10.0. The van der Waals surface area contributed by atoms with Crippen molar-refractivity contribution in [2.75, 3.05) is 26.7 Å². The van der Waals surface area contributed by atoms with Crippen LogP contribution in [0.5, 0.6) is 5.75 Å². The van der Waals surface area contributed by atoms with E-state index in [4.69, 9.17) is 10.5 Å². The number of rotatable bonds is 6. The molecule has 1 heterocycles. The zero-order valence-corrected chi connectivity index (χ0v) is 16.9. The van der Waals surface area contributed by atoms with Crippen molar-refractivity contribution in [2.24, 2.45) is 5.73 Å². The van der Waals surface area contributed by atoms with Crippen molar-refractivity contribution < 1.29 is 17.9 Å². The number of halogens is 1. The van der Waals surface area contributed by atoms with Crippen LogP contribution in [0.1, 0.15) is 43.0 Å². The molecule has 148 valence electrons. The van der Waals surface area contributed by atoms with Gasteiger partial charge in [-0.3, -0.25) is 4.79 Å². The molecule has 7 nitrogen and oxygen atoms in total. The highest BCUT2D eigenvalue weighted by molar-refractivity contribution is 7.89. The van der Waals surface area contributed by atoms with E-state index < -0.39 is 15.9 Å². The summed E-state index contributed by atoms with van der Waals surface area (Å²) in [6.07, 6.45) is 3.80. The summed E-state index contributed by atoms with van der Waals surface area (Å²) < 4.78 is 32.6. The van der Waals surface area contributed by atoms with Crippen molar-refractivity contribution in [3.8, 4) is 5.75 Å². The van der Waals surface area contributed by atoms with Crippen LogP contribution in [-0.2, 0) is 10.0 Å². The second kappa shape index (κ2) is 10.1. The van der Waals surface area contributed by atoms with Crippen LogP contribution in [0.15, 0.2) is 23.1 Å². The van der Waals surface area contributed by atoms with Gasteiger partial charge in [-0.1, -0.05) is 12.8 Å². The van der Waals surface area contributed by atoms with E-state index in [0.717, 1.165) is 25.7 Å². The Balaban J connectivity index is 0.00000338. The molecular formula is C17H28ClN3O4S. The number of nitrogens with two attached hydrogens (primary N) is 1. The van der Waals surface area contributed by atoms with E-state index in [0.29, 0.717) is 25.4 Å². The van der Waals surface area contributed by atoms with Crippen molar-refractivity contribution in [1.82, 2.24) is 9.62 Å². The summed E-state index contributed by atoms with van der Waals surface area (Å²) in [5.74, 6) is -0.0701. The Bertz CT molecular complexity index is 704. The van der Waals surface area contributed by atoms with Crippen LogP contribution in [0, 0.1) is 0 Å². The van der Waals surface area contributed by atoms with Gasteiger partial charge in [0, 0.05) is 25.7 Å². The van der Waals surface area contributed by atoms with Gasteiger partial charge in [0.05, 0.1) is 17.6 Å². The minimum atomic E-state index is -3.63. The molecule has 0 spiro atoms. The number of carbonyl (C=O) groups excluding carboxylic acids is 1. The number of benzene rings is 1. The molecule has 3 N–H and O–H groups in total. The van der Waals surface area contributed by atoms with Crippen molar-refractivity contribution in [3.05, 3.63) is 23.8 Å². The molecule has 2 rings (SSSR count). The zero-order chi connectivity index (χ0) is 18.4. The molecule has 0 aromatic heterocycles. The Labute approximate surface area is 161 Å². The van der Waals surface area contributed by atoms with Gasteiger partial charge in [0.15, 0.2) is 0 Å². The third kappa shape index (κ3) is 5.33. The molecule has 1 saturated heterocycles. The molecule has 1 aromatic carbocycles. The molecule has 1 aromatic rings. The van der Waals surface area contributed by atoms with Crippen LogP contribution < -0.4 is 15.8 Å². The monoisotopic (exact) mass is 405 g/mol. The molecule has 0 aliphatic carbocycles. The predicted molar refractivity (Wildman–Crippen MR) is 103 cm³/mol. The molecule has 0 unspecified atom stereocenters. The van der Waals surface area contributed by atoms with Gasteiger partial charge in [0.1, 0.15) is 5.75 Å². The van der Waals surface area contributed by atoms with Gasteiger partial charge >= 0.3 is 0 Å². The summed E-state index contributed by atoms with van der Waals surface area (Å²) in [5.41, 5.74) is 5.73. The number of hydrogen-bond acceptors (Lipinski definition) is 5. The van der Waals surface area contributed by atoms with Gasteiger partial charge in [-0.2, -0.15) is 4.31 Å². The maximum Gasteiger partial charge on any atom is 0.255 e. The van der Waals surface area contributed by atoms with Gasteiger partial charge in [0.25, 0.3) is 5.91 Å². The van der Waals surface area contributed by atoms with Gasteiger partial charge in [-0.25, -0.2) is 8.42 Å². The molecular weight excluding hydrogens is 378 g/mol. The standard InChI is InChI=1S/C17H27N3O4S.ClH/c1-13(12-18)19-17(21)15-11-14(7-8-16(15)24-2)25(22,23)20-9-5-3-4-6-10-20;/h7-8,11,13H,3-6,9-10,12,18H2,1-2H3,(H,19,21);1H/t13-;/m0./s1. The number of nitrogens with zero attached hydrogens (tertiary/aromatic N) is 1. The highest BCUT2D eigenvalue weighted by atomic mass is 35.5. The molecule has 26 heavy (non-hydrogen) atoms. The quantitative estimate of drug-likeness (QED) is 0.750. The second-order valence-corrected chi connectivity index (χ2v) is 8.23. The lowest BCUT2D eigenvalue weighted by atomic mass is 10.1. The number of carbonyl (C=O) groups is 1. The van der Waals surface area contributed by atoms with E-state index >= 15 is 0 Å². The van der Waals surface area contributed by atoms with E-state index in [-0.39, 0.29) is 28.9 Å². The summed E-state index contributed by atoms with van der Waals surface area (Å²) >= 11 is 0. The topological polar surface area (TPSA) is 102 Å². The molecule has 1 atom stereocenters. The molecule has 0 radical (unpaired) electrons. The van der Waals surface area contributed by atoms with Gasteiger partial charge in [-0.15, -0.1) is 12.4 Å². The molecule has 1 amide bonds. The summed E-state index contributed by atoms with van der Waals surface area (Å²) in [5, 5.41) is 2.74. The zero-order valence-electron chi connectivity index (χ0n) is 15.2. The Morgan fingerprint density at radius 2 is 1.88 bits per heavy atom. The lowest BCUT2D eigenvalue weighted by molar-refractivity contribution is 0.0938. The molecule has 1 aliphatic rings. The van der Waals surface area contributed by atoms with Gasteiger partial charge in [0.2, 0.25) is 10.0 Å². The average Bonchev–Trinajstić information content (AvgIpc) is 2.90. The Morgan fingerprint density at radius 3 is 2.42 bits per heavy atom. The van der Waals surface area contributed by atoms with E-state index in [2.05, 4.69) is 5.32 Å². The SMILES string of the molecule is COc1ccc(S(=O)(=O)N2CCCCCC2)cc1C(=O)N[C@@H](C)CN.Cl. The molecule has 1 fully saturated rings. The lowest BCUT2D eigenvalue weighted by Crippen LogP contribution is -2.38. The first-order chi connectivity index (χ1) is 11.9. The molecule has 0 saturated carbocycles. The van der Waals surface area contributed by atoms with Gasteiger partial charge < -0.3 is 15.8 Å². The number of nitrogens with one attached hydrogen (secondary N) is 1. The predicted octanol–water partition coefficient (Wildman–Crippen LogP) is 1.76. The molecule has 1 aliphatic heterocycles. The van der Waals surface area contributed by atoms with Crippen LogP contribution in [-0.4, -0.2) is 51.4 Å². The highest BCUT2D eigenvalue weighted by Gasteiger charge is 2.27. The number of sulfonamides is 1. The first kappa shape index (κ1) is 22.7. The summed E-state index contributed by atoms with van der Waals surface area (Å²) in [6, 6.07) is 4.18. The maximum atomic E-state index is 12.9. The van der Waals surface area contributed by atoms with Crippen LogP contribution in [0.3, 0.4) is 0 Å². The number of ether oxygens (including phenoxy) is 1. The van der Waals surface area contributed by atoms with E-state index in [9.17, 15) is 13.2 Å². The fraction of sp³-hybridized carbons (Fsp3) is 0.588. The van der Waals surface area contributed by atoms with E-state index in [1.807, 2.05) is 0 Å². The minimum absolute atomic E-state index is 0. The highest BCUT2D eigenvalue weighted by Crippen LogP contribution is 2.26. The largest absolute Gasteiger partial charge is 0.496 e. The number of methoxy groups -OCH3 is 1. The van der Waals surface area contributed by atoms with Crippen LogP contribution >= 0.6 is 12.4 Å². The second-order valence-electron chi connectivity index (χ2n) is 6.29. The van der Waals surface area contributed by atoms with Crippen LogP contribution in [0.25, 0.3) is 0 Å². The number of hydrogen-bond donors (Lipinski definition) is 2. The Hall–Kier alpha value is -1.35.